The van der Waals surface area contributed by atoms with Gasteiger partial charge >= 0.3 is 0 Å². The highest BCUT2D eigenvalue weighted by atomic mass is 32.2. The van der Waals surface area contributed by atoms with Gasteiger partial charge in [-0.05, 0) is 39.5 Å². The molecule has 0 saturated heterocycles. The Morgan fingerprint density at radius 2 is 1.17 bits per heavy atom. The van der Waals surface area contributed by atoms with Crippen LogP contribution in [0.3, 0.4) is 0 Å². The molecule has 6 nitrogen and oxygen atoms in total. The van der Waals surface area contributed by atoms with Crippen LogP contribution < -0.4 is 10.6 Å². The van der Waals surface area contributed by atoms with Crippen molar-refractivity contribution < 1.29 is 9.59 Å². The van der Waals surface area contributed by atoms with E-state index in [1.165, 1.54) is 73.4 Å². The highest BCUT2D eigenvalue weighted by Gasteiger charge is 2.24. The topological polar surface area (TPSA) is 84.0 Å². The molecule has 162 valence electrons. The van der Waals surface area contributed by atoms with Crippen molar-refractivity contribution >= 4 is 46.7 Å². The minimum absolute atomic E-state index is 0.0755. The Morgan fingerprint density at radius 1 is 0.793 bits per heavy atom. The molecule has 0 aromatic carbocycles. The van der Waals surface area contributed by atoms with Gasteiger partial charge in [-0.3, -0.25) is 9.59 Å². The van der Waals surface area contributed by atoms with Crippen molar-refractivity contribution in [2.45, 2.75) is 109 Å². The van der Waals surface area contributed by atoms with E-state index in [-0.39, 0.29) is 22.3 Å². The maximum atomic E-state index is 12.4. The molecule has 2 aliphatic rings. The van der Waals surface area contributed by atoms with Crippen molar-refractivity contribution in [1.82, 2.24) is 20.8 Å². The van der Waals surface area contributed by atoms with Crippen LogP contribution in [-0.2, 0) is 9.59 Å². The van der Waals surface area contributed by atoms with Gasteiger partial charge < -0.3 is 10.6 Å². The van der Waals surface area contributed by atoms with Crippen LogP contribution in [0.25, 0.3) is 0 Å². The van der Waals surface area contributed by atoms with Crippen LogP contribution in [0.2, 0.25) is 0 Å². The Bertz CT molecular complexity index is 618. The molecule has 2 saturated carbocycles. The summed E-state index contributed by atoms with van der Waals surface area (Å²) < 4.78 is 1.55. The Labute approximate surface area is 186 Å². The Kier molecular flexibility index (Phi) is 9.11. The molecule has 2 fully saturated rings. The Balaban J connectivity index is 1.43. The standard InChI is InChI=1S/C20H32N4O2S3/c1-13(17(25)21-15-9-5-3-6-10-15)27-19-23-24-20(29-19)28-14(2)18(26)22-16-11-7-4-8-12-16/h13-16H,3-12H2,1-2H3,(H,21,25)(H,22,26). The third kappa shape index (κ3) is 7.43. The third-order valence-corrected chi connectivity index (χ3v) is 8.88. The monoisotopic (exact) mass is 456 g/mol. The molecule has 2 atom stereocenters. The number of nitrogens with zero attached hydrogens (tertiary/aromatic N) is 2. The number of amides is 2. The SMILES string of the molecule is CC(Sc1nnc(SC(C)C(=O)NC2CCCCC2)s1)C(=O)NC1CCCCC1. The molecule has 3 rings (SSSR count). The zero-order valence-corrected chi connectivity index (χ0v) is 19.8. The van der Waals surface area contributed by atoms with Gasteiger partial charge in [0.1, 0.15) is 0 Å². The number of hydrogen-bond acceptors (Lipinski definition) is 7. The molecular weight excluding hydrogens is 424 g/mol. The summed E-state index contributed by atoms with van der Waals surface area (Å²) in [5, 5.41) is 14.4. The van der Waals surface area contributed by atoms with Gasteiger partial charge in [0.25, 0.3) is 0 Å². The van der Waals surface area contributed by atoms with Crippen molar-refractivity contribution in [3.63, 3.8) is 0 Å². The molecule has 1 aromatic rings. The van der Waals surface area contributed by atoms with Crippen molar-refractivity contribution in [3.8, 4) is 0 Å². The second kappa shape index (κ2) is 11.6. The number of carbonyl (C=O) groups excluding carboxylic acids is 2. The lowest BCUT2D eigenvalue weighted by atomic mass is 9.95. The molecule has 0 bridgehead atoms. The highest BCUT2D eigenvalue weighted by molar-refractivity contribution is 8.04. The number of hydrogen-bond donors (Lipinski definition) is 2. The summed E-state index contributed by atoms with van der Waals surface area (Å²) >= 11 is 4.35. The zero-order valence-electron chi connectivity index (χ0n) is 17.3. The predicted molar refractivity (Wildman–Crippen MR) is 121 cm³/mol. The zero-order chi connectivity index (χ0) is 20.6. The molecule has 2 aliphatic carbocycles. The van der Waals surface area contributed by atoms with E-state index in [0.29, 0.717) is 12.1 Å². The summed E-state index contributed by atoms with van der Waals surface area (Å²) in [5.41, 5.74) is 0. The lowest BCUT2D eigenvalue weighted by Gasteiger charge is -2.24. The normalized spacial score (nSPS) is 20.8. The average molecular weight is 457 g/mol. The van der Waals surface area contributed by atoms with Crippen LogP contribution >= 0.6 is 34.9 Å². The molecule has 1 heterocycles. The number of carbonyl (C=O) groups is 2. The van der Waals surface area contributed by atoms with E-state index in [4.69, 9.17) is 0 Å². The van der Waals surface area contributed by atoms with E-state index in [1.807, 2.05) is 13.8 Å². The van der Waals surface area contributed by atoms with E-state index < -0.39 is 0 Å². The largest absolute Gasteiger partial charge is 0.352 e. The molecule has 0 spiro atoms. The summed E-state index contributed by atoms with van der Waals surface area (Å²) in [4.78, 5) is 24.9. The molecule has 0 radical (unpaired) electrons. The first-order valence-electron chi connectivity index (χ1n) is 10.8. The van der Waals surface area contributed by atoms with Crippen LogP contribution in [0.1, 0.15) is 78.1 Å². The fourth-order valence-electron chi connectivity index (χ4n) is 3.83. The summed E-state index contributed by atoms with van der Waals surface area (Å²) in [5.74, 6) is 0.151. The van der Waals surface area contributed by atoms with Gasteiger partial charge in [-0.2, -0.15) is 0 Å². The fourth-order valence-corrected chi connectivity index (χ4v) is 7.16. The van der Waals surface area contributed by atoms with Gasteiger partial charge in [0.2, 0.25) is 11.8 Å². The lowest BCUT2D eigenvalue weighted by Crippen LogP contribution is -2.40. The van der Waals surface area contributed by atoms with Gasteiger partial charge in [0.15, 0.2) is 8.68 Å². The molecular formula is C20H32N4O2S3. The maximum Gasteiger partial charge on any atom is 0.233 e. The van der Waals surface area contributed by atoms with E-state index in [1.54, 1.807) is 0 Å². The van der Waals surface area contributed by atoms with Crippen molar-refractivity contribution in [3.05, 3.63) is 0 Å². The van der Waals surface area contributed by atoms with Crippen LogP contribution in [0.15, 0.2) is 8.68 Å². The first kappa shape index (κ1) is 22.9. The van der Waals surface area contributed by atoms with Crippen LogP contribution in [0.5, 0.6) is 0 Å². The van der Waals surface area contributed by atoms with E-state index in [9.17, 15) is 9.59 Å². The van der Waals surface area contributed by atoms with Gasteiger partial charge in [-0.1, -0.05) is 73.4 Å². The minimum atomic E-state index is -0.199. The van der Waals surface area contributed by atoms with Crippen LogP contribution in [0, 0.1) is 0 Å². The van der Waals surface area contributed by atoms with Crippen molar-refractivity contribution in [2.75, 3.05) is 0 Å². The quantitative estimate of drug-likeness (QED) is 0.564. The third-order valence-electron chi connectivity index (χ3n) is 5.58. The smallest absolute Gasteiger partial charge is 0.233 e. The predicted octanol–water partition coefficient (Wildman–Crippen LogP) is 4.40. The minimum Gasteiger partial charge on any atom is -0.352 e. The van der Waals surface area contributed by atoms with E-state index in [0.717, 1.165) is 34.4 Å². The molecule has 2 amide bonds. The summed E-state index contributed by atoms with van der Waals surface area (Å²) in [6.45, 7) is 3.83. The Hall–Kier alpha value is -0.800. The number of rotatable bonds is 8. The molecule has 1 aromatic heterocycles. The highest BCUT2D eigenvalue weighted by Crippen LogP contribution is 2.33. The van der Waals surface area contributed by atoms with Crippen molar-refractivity contribution in [2.24, 2.45) is 0 Å². The average Bonchev–Trinajstić information content (AvgIpc) is 3.16. The molecule has 2 unspecified atom stereocenters. The summed E-state index contributed by atoms with van der Waals surface area (Å²) in [6, 6.07) is 0.645. The summed E-state index contributed by atoms with van der Waals surface area (Å²) in [6.07, 6.45) is 11.7. The molecule has 2 N–H and O–H groups in total. The number of aromatic nitrogens is 2. The Morgan fingerprint density at radius 3 is 1.55 bits per heavy atom. The molecule has 9 heteroatoms. The number of nitrogens with one attached hydrogen (secondary N) is 2. The maximum absolute atomic E-state index is 12.4. The first-order chi connectivity index (χ1) is 14.0. The van der Waals surface area contributed by atoms with Crippen molar-refractivity contribution in [1.29, 1.82) is 0 Å². The van der Waals surface area contributed by atoms with Gasteiger partial charge in [0, 0.05) is 12.1 Å². The summed E-state index contributed by atoms with van der Waals surface area (Å²) in [7, 11) is 0. The van der Waals surface area contributed by atoms with Gasteiger partial charge in [0.05, 0.1) is 10.5 Å². The molecule has 0 aliphatic heterocycles. The second-order valence-corrected chi connectivity index (χ2v) is 12.2. The van der Waals surface area contributed by atoms with Crippen LogP contribution in [-0.4, -0.2) is 44.6 Å². The fraction of sp³-hybridized carbons (Fsp3) is 0.800. The van der Waals surface area contributed by atoms with Gasteiger partial charge in [-0.15, -0.1) is 10.2 Å². The number of thioether (sulfide) groups is 2. The first-order valence-corrected chi connectivity index (χ1v) is 13.4. The van der Waals surface area contributed by atoms with Gasteiger partial charge in [-0.25, -0.2) is 0 Å². The lowest BCUT2D eigenvalue weighted by molar-refractivity contribution is -0.122. The van der Waals surface area contributed by atoms with Crippen LogP contribution in [0.4, 0.5) is 0 Å². The van der Waals surface area contributed by atoms with E-state index >= 15 is 0 Å². The molecule has 29 heavy (non-hydrogen) atoms. The van der Waals surface area contributed by atoms with E-state index in [2.05, 4.69) is 20.8 Å². The second-order valence-electron chi connectivity index (χ2n) is 8.04.